The number of nitrogens with one attached hydrogen (secondary N) is 1. The highest BCUT2D eigenvalue weighted by Gasteiger charge is 2.49. The maximum absolute atomic E-state index is 14.6. The lowest BCUT2D eigenvalue weighted by Crippen LogP contribution is -2.17. The Morgan fingerprint density at radius 2 is 1.92 bits per heavy atom. The molecule has 0 bridgehead atoms. The molecule has 1 amide bonds. The molecule has 10 heteroatoms. The highest BCUT2D eigenvalue weighted by atomic mass is 19.3. The van der Waals surface area contributed by atoms with Crippen LogP contribution < -0.4 is 5.32 Å². The van der Waals surface area contributed by atoms with Crippen LogP contribution in [0.5, 0.6) is 0 Å². The number of hydrogen-bond donors (Lipinski definition) is 1. The van der Waals surface area contributed by atoms with Crippen LogP contribution in [0.3, 0.4) is 0 Å². The van der Waals surface area contributed by atoms with Crippen LogP contribution in [0.2, 0.25) is 0 Å². The van der Waals surface area contributed by atoms with Gasteiger partial charge in [-0.05, 0) is 41.8 Å². The number of fused-ring (bicyclic) bond motifs is 2. The minimum atomic E-state index is -3.19. The molecule has 0 fully saturated rings. The van der Waals surface area contributed by atoms with Gasteiger partial charge in [0, 0.05) is 23.9 Å². The van der Waals surface area contributed by atoms with Crippen molar-refractivity contribution < 1.29 is 13.6 Å². The fourth-order valence-electron chi connectivity index (χ4n) is 4.15. The van der Waals surface area contributed by atoms with Crippen LogP contribution in [0.15, 0.2) is 79.1 Å². The Morgan fingerprint density at radius 3 is 2.78 bits per heavy atom. The normalized spacial score (nSPS) is 15.8. The third-order valence-corrected chi connectivity index (χ3v) is 5.82. The molecule has 0 saturated heterocycles. The zero-order valence-electron chi connectivity index (χ0n) is 18.6. The first kappa shape index (κ1) is 21.6. The molecule has 0 spiro atoms. The van der Waals surface area contributed by atoms with Gasteiger partial charge in [0.1, 0.15) is 5.69 Å². The van der Waals surface area contributed by atoms with Gasteiger partial charge in [0.2, 0.25) is 5.82 Å². The fraction of sp³-hybridized carbons (Fsp3) is 0.115. The Balaban J connectivity index is 1.23. The van der Waals surface area contributed by atoms with Crippen LogP contribution >= 0.6 is 0 Å². The molecular formula is C26H17F2N7O. The van der Waals surface area contributed by atoms with E-state index in [2.05, 4.69) is 37.3 Å². The van der Waals surface area contributed by atoms with E-state index in [4.69, 9.17) is 0 Å². The lowest BCUT2D eigenvalue weighted by atomic mass is 10.0. The van der Waals surface area contributed by atoms with Gasteiger partial charge in [0.15, 0.2) is 11.5 Å². The van der Waals surface area contributed by atoms with Gasteiger partial charge in [-0.1, -0.05) is 42.3 Å². The second-order valence-corrected chi connectivity index (χ2v) is 8.26. The van der Waals surface area contributed by atoms with E-state index in [1.54, 1.807) is 71.5 Å². The zero-order valence-corrected chi connectivity index (χ0v) is 18.6. The molecule has 8 nitrogen and oxygen atoms in total. The van der Waals surface area contributed by atoms with Crippen molar-refractivity contribution in [1.29, 1.82) is 0 Å². The summed E-state index contributed by atoms with van der Waals surface area (Å²) in [6, 6.07) is 18.7. The Kier molecular flexibility index (Phi) is 5.04. The van der Waals surface area contributed by atoms with Crippen LogP contribution in [-0.2, 0) is 5.92 Å². The summed E-state index contributed by atoms with van der Waals surface area (Å²) in [5, 5.41) is 11.0. The van der Waals surface area contributed by atoms with Crippen molar-refractivity contribution >= 4 is 17.2 Å². The van der Waals surface area contributed by atoms with Gasteiger partial charge in [-0.3, -0.25) is 4.79 Å². The largest absolute Gasteiger partial charge is 0.319 e. The summed E-state index contributed by atoms with van der Waals surface area (Å²) < 4.78 is 32.1. The zero-order chi connectivity index (χ0) is 24.7. The minimum Gasteiger partial charge on any atom is -0.319 e. The maximum atomic E-state index is 14.6. The monoisotopic (exact) mass is 481 g/mol. The Hall–Kier alpha value is -4.91. The summed E-state index contributed by atoms with van der Waals surface area (Å²) in [6.45, 7) is 0. The van der Waals surface area contributed by atoms with Gasteiger partial charge in [0.25, 0.3) is 5.91 Å². The van der Waals surface area contributed by atoms with Gasteiger partial charge in [0.05, 0.1) is 12.2 Å². The van der Waals surface area contributed by atoms with Crippen LogP contribution in [0.4, 0.5) is 14.5 Å². The third-order valence-electron chi connectivity index (χ3n) is 5.82. The van der Waals surface area contributed by atoms with E-state index in [0.29, 0.717) is 28.2 Å². The number of hydrogen-bond acceptors (Lipinski definition) is 5. The van der Waals surface area contributed by atoms with E-state index in [0.717, 1.165) is 4.68 Å². The molecule has 176 valence electrons. The number of amides is 1. The predicted octanol–water partition coefficient (Wildman–Crippen LogP) is 4.06. The quantitative estimate of drug-likeness (QED) is 0.393. The van der Waals surface area contributed by atoms with Crippen molar-refractivity contribution in [1.82, 2.24) is 29.4 Å². The topological polar surface area (TPSA) is 90.0 Å². The van der Waals surface area contributed by atoms with E-state index in [1.165, 1.54) is 0 Å². The number of benzene rings is 2. The van der Waals surface area contributed by atoms with Crippen molar-refractivity contribution in [3.8, 4) is 11.8 Å². The number of carbonyl (C=O) groups excluding carboxylic acids is 1. The number of halogens is 2. The van der Waals surface area contributed by atoms with Gasteiger partial charge in [-0.2, -0.15) is 13.9 Å². The second-order valence-electron chi connectivity index (χ2n) is 8.26. The van der Waals surface area contributed by atoms with E-state index < -0.39 is 30.1 Å². The van der Waals surface area contributed by atoms with E-state index in [-0.39, 0.29) is 5.82 Å². The second kappa shape index (κ2) is 8.39. The molecule has 1 N–H and O–H groups in total. The van der Waals surface area contributed by atoms with Gasteiger partial charge in [-0.15, -0.1) is 5.10 Å². The molecule has 3 aromatic heterocycles. The van der Waals surface area contributed by atoms with E-state index in [1.807, 2.05) is 12.1 Å². The first-order chi connectivity index (χ1) is 17.5. The molecule has 1 atom stereocenters. The Bertz CT molecular complexity index is 1660. The Morgan fingerprint density at radius 1 is 1.06 bits per heavy atom. The van der Waals surface area contributed by atoms with Crippen molar-refractivity contribution in [3.63, 3.8) is 0 Å². The lowest BCUT2D eigenvalue weighted by molar-refractivity contribution is -0.00882. The molecule has 0 unspecified atom stereocenters. The number of aromatic nitrogens is 6. The summed E-state index contributed by atoms with van der Waals surface area (Å²) in [6.07, 6.45) is 2.83. The maximum Gasteiger partial charge on any atom is 0.308 e. The third kappa shape index (κ3) is 3.86. The lowest BCUT2D eigenvalue weighted by Gasteiger charge is -2.12. The summed E-state index contributed by atoms with van der Waals surface area (Å²) in [4.78, 5) is 21.0. The number of alkyl halides is 2. The van der Waals surface area contributed by atoms with E-state index >= 15 is 0 Å². The van der Waals surface area contributed by atoms with E-state index in [9.17, 15) is 13.6 Å². The molecule has 2 aromatic carbocycles. The first-order valence-electron chi connectivity index (χ1n) is 11.1. The molecule has 0 aliphatic carbocycles. The number of carbonyl (C=O) groups is 1. The number of nitrogens with zero attached hydrogens (tertiary/aromatic N) is 6. The molecule has 1 aliphatic heterocycles. The molecule has 4 heterocycles. The van der Waals surface area contributed by atoms with Crippen molar-refractivity contribution in [2.75, 3.05) is 5.32 Å². The molecule has 6 rings (SSSR count). The average molecular weight is 481 g/mol. The summed E-state index contributed by atoms with van der Waals surface area (Å²) in [5.74, 6) is 1.33. The number of imidazole rings is 1. The first-order valence-corrected chi connectivity index (χ1v) is 11.1. The molecular weight excluding hydrogens is 464 g/mol. The molecule has 5 aromatic rings. The highest BCUT2D eigenvalue weighted by Crippen LogP contribution is 2.45. The summed E-state index contributed by atoms with van der Waals surface area (Å²) in [5.41, 5.74) is 3.05. The predicted molar refractivity (Wildman–Crippen MR) is 126 cm³/mol. The number of anilines is 1. The van der Waals surface area contributed by atoms with Crippen molar-refractivity contribution in [2.45, 2.75) is 18.4 Å². The minimum absolute atomic E-state index is 0.321. The van der Waals surface area contributed by atoms with Crippen LogP contribution in [0.1, 0.15) is 45.7 Å². The van der Waals surface area contributed by atoms with Gasteiger partial charge >= 0.3 is 5.92 Å². The summed E-state index contributed by atoms with van der Waals surface area (Å²) >= 11 is 0. The van der Waals surface area contributed by atoms with Crippen LogP contribution in [0.25, 0.3) is 5.65 Å². The van der Waals surface area contributed by atoms with Crippen molar-refractivity contribution in [3.05, 3.63) is 108 Å². The van der Waals surface area contributed by atoms with Crippen LogP contribution in [0, 0.1) is 11.8 Å². The molecule has 1 aliphatic rings. The number of rotatable bonds is 3. The van der Waals surface area contributed by atoms with Gasteiger partial charge in [-0.25, -0.2) is 19.2 Å². The van der Waals surface area contributed by atoms with Crippen molar-refractivity contribution in [2.24, 2.45) is 0 Å². The van der Waals surface area contributed by atoms with Crippen LogP contribution in [-0.4, -0.2) is 35.3 Å². The Labute approximate surface area is 203 Å². The summed E-state index contributed by atoms with van der Waals surface area (Å²) in [7, 11) is 0. The molecule has 0 radical (unpaired) electrons. The molecule has 0 saturated carbocycles. The molecule has 36 heavy (non-hydrogen) atoms. The standard InChI is InChI=1S/C26H17F2N7O/c27-26(28)15-21(18-7-2-1-3-8-18)35-25(26)32-23(33-35)24(36)31-19-9-4-6-17(14-19)11-12-20-16-29-22-10-5-13-30-34(20)22/h1-10,13-14,16,21H,15H2,(H,31,36)/t21-/m1/s1. The SMILES string of the molecule is O=C(Nc1cccc(C#Cc2cnc3cccnn23)c1)c1nc2n(n1)[C@@H](c1ccccc1)CC2(F)F. The fourth-order valence-corrected chi connectivity index (χ4v) is 4.15. The smallest absolute Gasteiger partial charge is 0.308 e. The highest BCUT2D eigenvalue weighted by molar-refractivity contribution is 6.01. The average Bonchev–Trinajstić information content (AvgIpc) is 3.58. The van der Waals surface area contributed by atoms with Gasteiger partial charge < -0.3 is 5.32 Å².